The topological polar surface area (TPSA) is 50.9 Å². The second-order valence-electron chi connectivity index (χ2n) is 4.17. The van der Waals surface area contributed by atoms with E-state index in [1.165, 1.54) is 38.5 Å². The van der Waals surface area contributed by atoms with E-state index in [2.05, 4.69) is 17.2 Å². The number of hydrogen-bond acceptors (Lipinski definition) is 3. The van der Waals surface area contributed by atoms with Crippen molar-refractivity contribution in [1.82, 2.24) is 4.98 Å². The fourth-order valence-corrected chi connectivity index (χ4v) is 1.63. The molecule has 1 aromatic rings. The number of unbranched alkanes of at least 4 members (excludes halogenated alkanes) is 5. The monoisotopic (exact) mass is 221 g/mol. The van der Waals surface area contributed by atoms with Crippen molar-refractivity contribution in [1.29, 1.82) is 0 Å². The van der Waals surface area contributed by atoms with Crippen molar-refractivity contribution >= 4 is 11.5 Å². The van der Waals surface area contributed by atoms with Crippen LogP contribution in [0.1, 0.15) is 45.4 Å². The van der Waals surface area contributed by atoms with Crippen LogP contribution in [0.2, 0.25) is 0 Å². The molecule has 0 atom stereocenters. The zero-order chi connectivity index (χ0) is 11.6. The van der Waals surface area contributed by atoms with Crippen LogP contribution >= 0.6 is 0 Å². The Morgan fingerprint density at radius 2 is 1.88 bits per heavy atom. The van der Waals surface area contributed by atoms with Crippen LogP contribution in [-0.2, 0) is 0 Å². The highest BCUT2D eigenvalue weighted by atomic mass is 15.0. The summed E-state index contributed by atoms with van der Waals surface area (Å²) in [4.78, 5) is 4.19. The summed E-state index contributed by atoms with van der Waals surface area (Å²) in [6.07, 6.45) is 9.61. The highest BCUT2D eigenvalue weighted by Crippen LogP contribution is 2.08. The molecule has 0 amide bonds. The third-order valence-corrected chi connectivity index (χ3v) is 2.62. The van der Waals surface area contributed by atoms with Crippen molar-refractivity contribution < 1.29 is 0 Å². The van der Waals surface area contributed by atoms with Crippen molar-refractivity contribution in [3.05, 3.63) is 18.3 Å². The summed E-state index contributed by atoms with van der Waals surface area (Å²) >= 11 is 0. The number of nitrogens with one attached hydrogen (secondary N) is 1. The summed E-state index contributed by atoms with van der Waals surface area (Å²) in [6.45, 7) is 3.25. The minimum absolute atomic E-state index is 0.713. The van der Waals surface area contributed by atoms with E-state index >= 15 is 0 Å². The summed E-state index contributed by atoms with van der Waals surface area (Å²) in [6, 6.07) is 3.79. The largest absolute Gasteiger partial charge is 0.397 e. The van der Waals surface area contributed by atoms with Crippen molar-refractivity contribution in [2.24, 2.45) is 0 Å². The van der Waals surface area contributed by atoms with Crippen molar-refractivity contribution in [2.45, 2.75) is 45.4 Å². The zero-order valence-electron chi connectivity index (χ0n) is 10.2. The van der Waals surface area contributed by atoms with E-state index in [-0.39, 0.29) is 0 Å². The highest BCUT2D eigenvalue weighted by molar-refractivity contribution is 5.43. The first-order valence-corrected chi connectivity index (χ1v) is 6.28. The lowest BCUT2D eigenvalue weighted by molar-refractivity contribution is 0.617. The molecular formula is C13H23N3. The molecular weight excluding hydrogens is 198 g/mol. The summed E-state index contributed by atoms with van der Waals surface area (Å²) in [7, 11) is 0. The number of nitrogens with two attached hydrogens (primary N) is 1. The van der Waals surface area contributed by atoms with E-state index in [4.69, 9.17) is 5.73 Å². The Hall–Kier alpha value is -1.25. The van der Waals surface area contributed by atoms with Gasteiger partial charge in [-0.1, -0.05) is 39.0 Å². The Kier molecular flexibility index (Phi) is 6.38. The van der Waals surface area contributed by atoms with Gasteiger partial charge in [0.2, 0.25) is 0 Å². The maximum atomic E-state index is 5.56. The van der Waals surface area contributed by atoms with Gasteiger partial charge in [0.25, 0.3) is 0 Å². The molecule has 1 rings (SSSR count). The number of nitrogens with zero attached hydrogens (tertiary/aromatic N) is 1. The van der Waals surface area contributed by atoms with Gasteiger partial charge >= 0.3 is 0 Å². The van der Waals surface area contributed by atoms with Crippen LogP contribution in [0.4, 0.5) is 11.5 Å². The summed E-state index contributed by atoms with van der Waals surface area (Å²) in [5.41, 5.74) is 6.27. The van der Waals surface area contributed by atoms with E-state index in [1.54, 1.807) is 6.20 Å². The molecule has 1 heterocycles. The van der Waals surface area contributed by atoms with E-state index in [0.29, 0.717) is 5.69 Å². The molecule has 1 aromatic heterocycles. The quantitative estimate of drug-likeness (QED) is 0.661. The molecule has 0 aliphatic carbocycles. The Morgan fingerprint density at radius 3 is 2.56 bits per heavy atom. The molecule has 0 spiro atoms. The fraction of sp³-hybridized carbons (Fsp3) is 0.615. The van der Waals surface area contributed by atoms with Crippen LogP contribution in [0, 0.1) is 0 Å². The standard InChI is InChI=1S/C13H23N3/c1-2-3-4-5-6-7-10-15-13-9-8-12(14)11-16-13/h8-9,11H,2-7,10,14H2,1H3,(H,15,16). The Bertz CT molecular complexity index is 269. The average molecular weight is 221 g/mol. The van der Waals surface area contributed by atoms with Crippen LogP contribution in [-0.4, -0.2) is 11.5 Å². The number of aromatic nitrogens is 1. The number of anilines is 2. The molecule has 16 heavy (non-hydrogen) atoms. The van der Waals surface area contributed by atoms with Gasteiger partial charge in [0.05, 0.1) is 11.9 Å². The minimum atomic E-state index is 0.713. The van der Waals surface area contributed by atoms with Gasteiger partial charge < -0.3 is 11.1 Å². The SMILES string of the molecule is CCCCCCCCNc1ccc(N)cn1. The third-order valence-electron chi connectivity index (χ3n) is 2.62. The smallest absolute Gasteiger partial charge is 0.126 e. The Labute approximate surface area is 98.5 Å². The molecule has 0 unspecified atom stereocenters. The Balaban J connectivity index is 2.01. The maximum absolute atomic E-state index is 5.56. The van der Waals surface area contributed by atoms with Crippen molar-refractivity contribution in [3.63, 3.8) is 0 Å². The van der Waals surface area contributed by atoms with Crippen molar-refractivity contribution in [2.75, 3.05) is 17.6 Å². The average Bonchev–Trinajstić information content (AvgIpc) is 2.30. The second-order valence-corrected chi connectivity index (χ2v) is 4.17. The van der Waals surface area contributed by atoms with Gasteiger partial charge in [0, 0.05) is 6.54 Å². The van der Waals surface area contributed by atoms with Crippen LogP contribution in [0.3, 0.4) is 0 Å². The van der Waals surface area contributed by atoms with Gasteiger partial charge in [-0.15, -0.1) is 0 Å². The molecule has 0 saturated heterocycles. The third kappa shape index (κ3) is 5.59. The van der Waals surface area contributed by atoms with Crippen LogP contribution in [0.5, 0.6) is 0 Å². The molecule has 0 radical (unpaired) electrons. The zero-order valence-corrected chi connectivity index (χ0v) is 10.2. The number of pyridine rings is 1. The molecule has 3 nitrogen and oxygen atoms in total. The second kappa shape index (κ2) is 7.97. The lowest BCUT2D eigenvalue weighted by Gasteiger charge is -2.05. The molecule has 3 N–H and O–H groups in total. The number of hydrogen-bond donors (Lipinski definition) is 2. The van der Waals surface area contributed by atoms with E-state index in [0.717, 1.165) is 12.4 Å². The van der Waals surface area contributed by atoms with E-state index < -0.39 is 0 Å². The van der Waals surface area contributed by atoms with Crippen LogP contribution in [0.15, 0.2) is 18.3 Å². The first kappa shape index (κ1) is 12.8. The molecule has 0 aliphatic rings. The summed E-state index contributed by atoms with van der Waals surface area (Å²) < 4.78 is 0. The van der Waals surface area contributed by atoms with Gasteiger partial charge in [0.1, 0.15) is 5.82 Å². The lowest BCUT2D eigenvalue weighted by Crippen LogP contribution is -2.03. The van der Waals surface area contributed by atoms with Gasteiger partial charge in [0.15, 0.2) is 0 Å². The lowest BCUT2D eigenvalue weighted by atomic mass is 10.1. The van der Waals surface area contributed by atoms with Gasteiger partial charge in [-0.2, -0.15) is 0 Å². The molecule has 3 heteroatoms. The fourth-order valence-electron chi connectivity index (χ4n) is 1.63. The molecule has 0 saturated carbocycles. The highest BCUT2D eigenvalue weighted by Gasteiger charge is 1.93. The van der Waals surface area contributed by atoms with Gasteiger partial charge in [-0.25, -0.2) is 4.98 Å². The van der Waals surface area contributed by atoms with Gasteiger partial charge in [-0.3, -0.25) is 0 Å². The molecule has 0 aromatic carbocycles. The molecule has 0 bridgehead atoms. The summed E-state index contributed by atoms with van der Waals surface area (Å²) in [5.74, 6) is 0.919. The van der Waals surface area contributed by atoms with Crippen LogP contribution < -0.4 is 11.1 Å². The maximum Gasteiger partial charge on any atom is 0.126 e. The first-order chi connectivity index (χ1) is 7.83. The predicted octanol–water partition coefficient (Wildman–Crippen LogP) is 3.44. The normalized spacial score (nSPS) is 10.3. The van der Waals surface area contributed by atoms with Crippen LogP contribution in [0.25, 0.3) is 0 Å². The number of nitrogen functional groups attached to an aromatic ring is 1. The van der Waals surface area contributed by atoms with Crippen molar-refractivity contribution in [3.8, 4) is 0 Å². The van der Waals surface area contributed by atoms with E-state index in [1.807, 2.05) is 12.1 Å². The van der Waals surface area contributed by atoms with E-state index in [9.17, 15) is 0 Å². The number of rotatable bonds is 8. The Morgan fingerprint density at radius 1 is 1.12 bits per heavy atom. The molecule has 0 aliphatic heterocycles. The predicted molar refractivity (Wildman–Crippen MR) is 70.5 cm³/mol. The summed E-state index contributed by atoms with van der Waals surface area (Å²) in [5, 5.41) is 3.30. The van der Waals surface area contributed by atoms with Gasteiger partial charge in [-0.05, 0) is 18.6 Å². The molecule has 90 valence electrons. The first-order valence-electron chi connectivity index (χ1n) is 6.28. The molecule has 0 fully saturated rings. The minimum Gasteiger partial charge on any atom is -0.397 e.